The lowest BCUT2D eigenvalue weighted by Crippen LogP contribution is -2.62. The summed E-state index contributed by atoms with van der Waals surface area (Å²) in [5, 5.41) is 9.56. The molecule has 1 amide bonds. The number of piperidine rings is 1. The Morgan fingerprint density at radius 3 is 2.29 bits per heavy atom. The Labute approximate surface area is 127 Å². The van der Waals surface area contributed by atoms with Crippen LogP contribution in [0, 0.1) is 0 Å². The zero-order chi connectivity index (χ0) is 15.8. The lowest BCUT2D eigenvalue weighted by Gasteiger charge is -2.44. The summed E-state index contributed by atoms with van der Waals surface area (Å²) in [5.41, 5.74) is -1.05. The van der Waals surface area contributed by atoms with Crippen molar-refractivity contribution in [3.8, 4) is 0 Å². The monoisotopic (exact) mass is 296 g/mol. The molecular weight excluding hydrogens is 268 g/mol. The molecule has 0 spiro atoms. The van der Waals surface area contributed by atoms with Gasteiger partial charge < -0.3 is 10.0 Å². The van der Waals surface area contributed by atoms with Crippen molar-refractivity contribution in [3.05, 3.63) is 0 Å². The quantitative estimate of drug-likeness (QED) is 0.866. The number of amides is 1. The van der Waals surface area contributed by atoms with Gasteiger partial charge in [-0.25, -0.2) is 4.79 Å². The second-order valence-corrected chi connectivity index (χ2v) is 6.92. The summed E-state index contributed by atoms with van der Waals surface area (Å²) >= 11 is 0. The highest BCUT2D eigenvalue weighted by atomic mass is 16.4. The van der Waals surface area contributed by atoms with Crippen LogP contribution in [0.5, 0.6) is 0 Å². The third-order valence-corrected chi connectivity index (χ3v) is 5.44. The molecule has 0 radical (unpaired) electrons. The Morgan fingerprint density at radius 2 is 1.76 bits per heavy atom. The van der Waals surface area contributed by atoms with E-state index in [1.807, 2.05) is 6.92 Å². The van der Waals surface area contributed by atoms with Crippen LogP contribution in [0.3, 0.4) is 0 Å². The van der Waals surface area contributed by atoms with E-state index in [-0.39, 0.29) is 11.9 Å². The Kier molecular flexibility index (Phi) is 4.61. The standard InChI is InChI=1S/C16H28N2O3/c1-11-7-8-12(2)18(11)13(3)14(19)17-10-6-5-9-16(17,4)15(20)21/h11-13H,5-10H2,1-4H3,(H,20,21). The molecule has 0 aromatic carbocycles. The molecule has 4 unspecified atom stereocenters. The molecule has 5 heteroatoms. The van der Waals surface area contributed by atoms with E-state index in [1.165, 1.54) is 0 Å². The van der Waals surface area contributed by atoms with Gasteiger partial charge in [0.2, 0.25) is 5.91 Å². The van der Waals surface area contributed by atoms with Crippen molar-refractivity contribution < 1.29 is 14.7 Å². The minimum atomic E-state index is -1.05. The van der Waals surface area contributed by atoms with Gasteiger partial charge in [0.05, 0.1) is 6.04 Å². The first kappa shape index (κ1) is 16.3. The molecule has 1 N–H and O–H groups in total. The highest BCUT2D eigenvalue weighted by molar-refractivity contribution is 5.89. The summed E-state index contributed by atoms with van der Waals surface area (Å²) in [4.78, 5) is 28.4. The number of rotatable bonds is 3. The van der Waals surface area contributed by atoms with Gasteiger partial charge in [-0.3, -0.25) is 9.69 Å². The topological polar surface area (TPSA) is 60.9 Å². The van der Waals surface area contributed by atoms with Crippen LogP contribution in [0.15, 0.2) is 0 Å². The van der Waals surface area contributed by atoms with E-state index in [1.54, 1.807) is 11.8 Å². The highest BCUT2D eigenvalue weighted by Gasteiger charge is 2.46. The maximum Gasteiger partial charge on any atom is 0.329 e. The van der Waals surface area contributed by atoms with Gasteiger partial charge in [-0.2, -0.15) is 0 Å². The average molecular weight is 296 g/mol. The van der Waals surface area contributed by atoms with Crippen LogP contribution >= 0.6 is 0 Å². The molecule has 2 saturated heterocycles. The number of nitrogens with zero attached hydrogens (tertiary/aromatic N) is 2. The second-order valence-electron chi connectivity index (χ2n) is 6.92. The van der Waals surface area contributed by atoms with Gasteiger partial charge in [0.1, 0.15) is 5.54 Å². The van der Waals surface area contributed by atoms with E-state index in [4.69, 9.17) is 0 Å². The first-order chi connectivity index (χ1) is 9.79. The maximum atomic E-state index is 12.9. The molecule has 0 bridgehead atoms. The zero-order valence-corrected chi connectivity index (χ0v) is 13.6. The number of likely N-dealkylation sites (tertiary alicyclic amines) is 2. The van der Waals surface area contributed by atoms with Gasteiger partial charge >= 0.3 is 5.97 Å². The smallest absolute Gasteiger partial charge is 0.329 e. The highest BCUT2D eigenvalue weighted by Crippen LogP contribution is 2.32. The van der Waals surface area contributed by atoms with Gasteiger partial charge in [0.15, 0.2) is 0 Å². The summed E-state index contributed by atoms with van der Waals surface area (Å²) in [6.07, 6.45) is 4.53. The fourth-order valence-electron chi connectivity index (χ4n) is 4.03. The first-order valence-corrected chi connectivity index (χ1v) is 8.11. The van der Waals surface area contributed by atoms with Gasteiger partial charge in [0.25, 0.3) is 0 Å². The van der Waals surface area contributed by atoms with Crippen molar-refractivity contribution in [1.82, 2.24) is 9.80 Å². The summed E-state index contributed by atoms with van der Waals surface area (Å²) in [5.74, 6) is -0.912. The van der Waals surface area contributed by atoms with E-state index in [0.29, 0.717) is 25.0 Å². The molecular formula is C16H28N2O3. The van der Waals surface area contributed by atoms with E-state index in [0.717, 1.165) is 25.7 Å². The van der Waals surface area contributed by atoms with Crippen molar-refractivity contribution in [1.29, 1.82) is 0 Å². The van der Waals surface area contributed by atoms with Crippen LogP contribution in [-0.4, -0.2) is 57.0 Å². The number of hydrogen-bond donors (Lipinski definition) is 1. The Bertz CT molecular complexity index is 416. The number of aliphatic carboxylic acids is 1. The lowest BCUT2D eigenvalue weighted by atomic mass is 9.87. The zero-order valence-electron chi connectivity index (χ0n) is 13.6. The molecule has 0 aliphatic carbocycles. The van der Waals surface area contributed by atoms with Crippen LogP contribution in [-0.2, 0) is 9.59 Å². The normalized spacial score (nSPS) is 35.7. The minimum absolute atomic E-state index is 0.0276. The Morgan fingerprint density at radius 1 is 1.19 bits per heavy atom. The minimum Gasteiger partial charge on any atom is -0.480 e. The number of hydrogen-bond acceptors (Lipinski definition) is 3. The predicted octanol–water partition coefficient (Wildman–Crippen LogP) is 2.10. The molecule has 4 atom stereocenters. The number of carbonyl (C=O) groups is 2. The maximum absolute atomic E-state index is 12.9. The van der Waals surface area contributed by atoms with Gasteiger partial charge in [-0.15, -0.1) is 0 Å². The molecule has 2 aliphatic rings. The average Bonchev–Trinajstić information content (AvgIpc) is 2.77. The summed E-state index contributed by atoms with van der Waals surface area (Å²) in [6, 6.07) is 0.536. The fraction of sp³-hybridized carbons (Fsp3) is 0.875. The molecule has 0 aromatic rings. The first-order valence-electron chi connectivity index (χ1n) is 8.11. The molecule has 2 rings (SSSR count). The van der Waals surface area contributed by atoms with E-state index >= 15 is 0 Å². The van der Waals surface area contributed by atoms with Gasteiger partial charge in [-0.05, 0) is 59.8 Å². The molecule has 2 heterocycles. The summed E-state index contributed by atoms with van der Waals surface area (Å²) < 4.78 is 0. The molecule has 21 heavy (non-hydrogen) atoms. The van der Waals surface area contributed by atoms with Gasteiger partial charge in [0, 0.05) is 18.6 Å². The largest absolute Gasteiger partial charge is 0.480 e. The van der Waals surface area contributed by atoms with E-state index < -0.39 is 11.5 Å². The van der Waals surface area contributed by atoms with Crippen molar-refractivity contribution in [3.63, 3.8) is 0 Å². The van der Waals surface area contributed by atoms with E-state index in [9.17, 15) is 14.7 Å². The van der Waals surface area contributed by atoms with Crippen LogP contribution in [0.1, 0.15) is 59.8 Å². The van der Waals surface area contributed by atoms with Crippen LogP contribution in [0.2, 0.25) is 0 Å². The molecule has 2 aliphatic heterocycles. The van der Waals surface area contributed by atoms with E-state index in [2.05, 4.69) is 18.7 Å². The Balaban J connectivity index is 2.19. The Hall–Kier alpha value is -1.10. The van der Waals surface area contributed by atoms with Crippen molar-refractivity contribution in [2.24, 2.45) is 0 Å². The third kappa shape index (κ3) is 2.80. The SMILES string of the molecule is CC1CCC(C)N1C(C)C(=O)N1CCCCC1(C)C(=O)O. The van der Waals surface area contributed by atoms with Crippen molar-refractivity contribution in [2.75, 3.05) is 6.54 Å². The second kappa shape index (κ2) is 5.95. The van der Waals surface area contributed by atoms with Crippen molar-refractivity contribution >= 4 is 11.9 Å². The molecule has 2 fully saturated rings. The number of carbonyl (C=O) groups excluding carboxylic acids is 1. The van der Waals surface area contributed by atoms with Crippen LogP contribution in [0.25, 0.3) is 0 Å². The summed E-state index contributed by atoms with van der Waals surface area (Å²) in [6.45, 7) is 8.48. The van der Waals surface area contributed by atoms with Crippen LogP contribution < -0.4 is 0 Å². The number of carboxylic acid groups (broad SMARTS) is 1. The third-order valence-electron chi connectivity index (χ3n) is 5.44. The van der Waals surface area contributed by atoms with Crippen LogP contribution in [0.4, 0.5) is 0 Å². The molecule has 120 valence electrons. The molecule has 5 nitrogen and oxygen atoms in total. The lowest BCUT2D eigenvalue weighted by molar-refractivity contribution is -0.163. The van der Waals surface area contributed by atoms with Crippen molar-refractivity contribution in [2.45, 2.75) is 83.5 Å². The fourth-order valence-corrected chi connectivity index (χ4v) is 4.03. The summed E-state index contributed by atoms with van der Waals surface area (Å²) in [7, 11) is 0. The van der Waals surface area contributed by atoms with Gasteiger partial charge in [-0.1, -0.05) is 0 Å². The molecule has 0 aromatic heterocycles. The number of carboxylic acids is 1. The molecule has 0 saturated carbocycles. The predicted molar refractivity (Wildman–Crippen MR) is 81.1 cm³/mol.